The molecule has 4 heteroatoms. The average molecular weight is 362 g/mol. The zero-order valence-electron chi connectivity index (χ0n) is 13.0. The van der Waals surface area contributed by atoms with Crippen LogP contribution >= 0.6 is 27.5 Å². The molecule has 0 bridgehead atoms. The second-order valence-electron chi connectivity index (χ2n) is 6.46. The van der Waals surface area contributed by atoms with Crippen molar-refractivity contribution in [3.63, 3.8) is 0 Å². The predicted octanol–water partition coefficient (Wildman–Crippen LogP) is 5.20. The second-order valence-corrected chi connectivity index (χ2v) is 7.81. The van der Waals surface area contributed by atoms with Gasteiger partial charge in [0.2, 0.25) is 0 Å². The van der Waals surface area contributed by atoms with Gasteiger partial charge in [0.05, 0.1) is 15.9 Å². The summed E-state index contributed by atoms with van der Waals surface area (Å²) in [6.07, 6.45) is 4.75. The fourth-order valence-corrected chi connectivity index (χ4v) is 4.16. The van der Waals surface area contributed by atoms with Crippen molar-refractivity contribution in [3.8, 4) is 0 Å². The van der Waals surface area contributed by atoms with Gasteiger partial charge in [-0.05, 0) is 73.2 Å². The molecule has 1 aliphatic carbocycles. The lowest BCUT2D eigenvalue weighted by Gasteiger charge is -2.35. The van der Waals surface area contributed by atoms with E-state index in [-0.39, 0.29) is 0 Å². The maximum Gasteiger partial charge on any atom is 0.0738 e. The highest BCUT2D eigenvalue weighted by atomic mass is 79.9. The average Bonchev–Trinajstić information content (AvgIpc) is 2.68. The standard InChI is InChI=1S/C16H26BrClN2/c1-5-20-15(16(17)11(4)19-20)9-13-8-12(10(2)3)6-7-14(13)18/h10,12-14H,5-9H2,1-4H3. The third-order valence-corrected chi connectivity index (χ3v) is 6.39. The molecule has 0 radical (unpaired) electrons. The van der Waals surface area contributed by atoms with Crippen LogP contribution in [-0.4, -0.2) is 15.2 Å². The number of rotatable bonds is 4. The van der Waals surface area contributed by atoms with E-state index in [4.69, 9.17) is 11.6 Å². The lowest BCUT2D eigenvalue weighted by Crippen LogP contribution is -2.30. The number of aryl methyl sites for hydroxylation is 2. The van der Waals surface area contributed by atoms with Crippen molar-refractivity contribution in [2.45, 2.75) is 65.3 Å². The zero-order valence-corrected chi connectivity index (χ0v) is 15.3. The largest absolute Gasteiger partial charge is 0.268 e. The minimum Gasteiger partial charge on any atom is -0.268 e. The van der Waals surface area contributed by atoms with Gasteiger partial charge in [-0.2, -0.15) is 5.10 Å². The zero-order chi connectivity index (χ0) is 14.9. The van der Waals surface area contributed by atoms with Gasteiger partial charge in [0.1, 0.15) is 0 Å². The topological polar surface area (TPSA) is 17.8 Å². The molecule has 114 valence electrons. The van der Waals surface area contributed by atoms with E-state index < -0.39 is 0 Å². The van der Waals surface area contributed by atoms with E-state index in [1.807, 2.05) is 0 Å². The Kier molecular flexibility index (Phi) is 5.58. The third-order valence-electron chi connectivity index (χ3n) is 4.78. The summed E-state index contributed by atoms with van der Waals surface area (Å²) in [5.74, 6) is 2.17. The van der Waals surface area contributed by atoms with Gasteiger partial charge in [-0.1, -0.05) is 13.8 Å². The Morgan fingerprint density at radius 2 is 2.10 bits per heavy atom. The van der Waals surface area contributed by atoms with Gasteiger partial charge in [-0.25, -0.2) is 0 Å². The van der Waals surface area contributed by atoms with E-state index in [9.17, 15) is 0 Å². The lowest BCUT2D eigenvalue weighted by molar-refractivity contribution is 0.216. The Balaban J connectivity index is 2.15. The number of alkyl halides is 1. The molecule has 3 unspecified atom stereocenters. The molecule has 0 spiro atoms. The highest BCUT2D eigenvalue weighted by Gasteiger charge is 2.32. The predicted molar refractivity (Wildman–Crippen MR) is 89.4 cm³/mol. The smallest absolute Gasteiger partial charge is 0.0738 e. The molecule has 1 fully saturated rings. The first-order chi connectivity index (χ1) is 9.43. The minimum atomic E-state index is 0.317. The second kappa shape index (κ2) is 6.83. The first kappa shape index (κ1) is 16.4. The van der Waals surface area contributed by atoms with Crippen LogP contribution in [0.2, 0.25) is 0 Å². The molecule has 0 N–H and O–H groups in total. The number of halogens is 2. The highest BCUT2D eigenvalue weighted by molar-refractivity contribution is 9.10. The van der Waals surface area contributed by atoms with Gasteiger partial charge in [-0.3, -0.25) is 4.68 Å². The summed E-state index contributed by atoms with van der Waals surface area (Å²) in [5, 5.41) is 4.92. The van der Waals surface area contributed by atoms with Crippen LogP contribution in [0, 0.1) is 24.7 Å². The van der Waals surface area contributed by atoms with Gasteiger partial charge in [0.25, 0.3) is 0 Å². The fourth-order valence-electron chi connectivity index (χ4n) is 3.39. The number of hydrogen-bond acceptors (Lipinski definition) is 1. The third kappa shape index (κ3) is 3.41. The maximum absolute atomic E-state index is 6.61. The van der Waals surface area contributed by atoms with Crippen LogP contribution < -0.4 is 0 Å². The molecule has 0 saturated heterocycles. The van der Waals surface area contributed by atoms with Crippen molar-refractivity contribution in [2.75, 3.05) is 0 Å². The highest BCUT2D eigenvalue weighted by Crippen LogP contribution is 2.39. The van der Waals surface area contributed by atoms with E-state index >= 15 is 0 Å². The molecule has 3 atom stereocenters. The van der Waals surface area contributed by atoms with Crippen molar-refractivity contribution in [1.82, 2.24) is 9.78 Å². The van der Waals surface area contributed by atoms with Crippen LogP contribution in [0.25, 0.3) is 0 Å². The molecule has 1 heterocycles. The van der Waals surface area contributed by atoms with Crippen molar-refractivity contribution >= 4 is 27.5 Å². The maximum atomic E-state index is 6.61. The molecule has 2 nitrogen and oxygen atoms in total. The molecule has 1 aromatic rings. The Morgan fingerprint density at radius 1 is 1.40 bits per heavy atom. The molecule has 2 rings (SSSR count). The Bertz CT molecular complexity index is 456. The first-order valence-corrected chi connectivity index (χ1v) is 9.02. The van der Waals surface area contributed by atoms with E-state index in [0.717, 1.165) is 36.9 Å². The summed E-state index contributed by atoms with van der Waals surface area (Å²) < 4.78 is 3.30. The molecule has 20 heavy (non-hydrogen) atoms. The van der Waals surface area contributed by atoms with Crippen molar-refractivity contribution in [3.05, 3.63) is 15.9 Å². The summed E-state index contributed by atoms with van der Waals surface area (Å²) in [5.41, 5.74) is 2.41. The van der Waals surface area contributed by atoms with Gasteiger partial charge < -0.3 is 0 Å². The van der Waals surface area contributed by atoms with Gasteiger partial charge in [-0.15, -0.1) is 11.6 Å². The summed E-state index contributed by atoms with van der Waals surface area (Å²) in [4.78, 5) is 0. The quantitative estimate of drug-likeness (QED) is 0.674. The number of hydrogen-bond donors (Lipinski definition) is 0. The van der Waals surface area contributed by atoms with E-state index in [1.165, 1.54) is 23.0 Å². The van der Waals surface area contributed by atoms with Gasteiger partial charge in [0.15, 0.2) is 0 Å². The SMILES string of the molecule is CCn1nc(C)c(Br)c1CC1CC(C(C)C)CCC1Cl. The Labute approximate surface area is 136 Å². The molecule has 0 aromatic carbocycles. The van der Waals surface area contributed by atoms with Crippen molar-refractivity contribution < 1.29 is 0 Å². The van der Waals surface area contributed by atoms with Gasteiger partial charge >= 0.3 is 0 Å². The molecule has 0 aliphatic heterocycles. The van der Waals surface area contributed by atoms with Crippen LogP contribution in [-0.2, 0) is 13.0 Å². The molecular formula is C16H26BrClN2. The molecule has 1 aromatic heterocycles. The van der Waals surface area contributed by atoms with Crippen LogP contribution in [0.4, 0.5) is 0 Å². The molecule has 0 amide bonds. The van der Waals surface area contributed by atoms with Crippen molar-refractivity contribution in [1.29, 1.82) is 0 Å². The van der Waals surface area contributed by atoms with Crippen LogP contribution in [0.5, 0.6) is 0 Å². The minimum absolute atomic E-state index is 0.317. The fraction of sp³-hybridized carbons (Fsp3) is 0.812. The molecule has 1 aliphatic rings. The molecule has 1 saturated carbocycles. The van der Waals surface area contributed by atoms with Crippen molar-refractivity contribution in [2.24, 2.45) is 17.8 Å². The summed E-state index contributed by atoms with van der Waals surface area (Å²) in [6, 6.07) is 0. The van der Waals surface area contributed by atoms with E-state index in [0.29, 0.717) is 11.3 Å². The van der Waals surface area contributed by atoms with Crippen LogP contribution in [0.1, 0.15) is 51.4 Å². The number of aromatic nitrogens is 2. The summed E-state index contributed by atoms with van der Waals surface area (Å²) in [7, 11) is 0. The lowest BCUT2D eigenvalue weighted by atomic mass is 9.74. The van der Waals surface area contributed by atoms with E-state index in [2.05, 4.69) is 53.4 Å². The summed E-state index contributed by atoms with van der Waals surface area (Å²) >= 11 is 10.3. The normalized spacial score (nSPS) is 27.2. The van der Waals surface area contributed by atoms with Gasteiger partial charge in [0, 0.05) is 11.9 Å². The van der Waals surface area contributed by atoms with Crippen LogP contribution in [0.15, 0.2) is 4.47 Å². The monoisotopic (exact) mass is 360 g/mol. The Hall–Kier alpha value is -0.0200. The summed E-state index contributed by atoms with van der Waals surface area (Å²) in [6.45, 7) is 9.82. The van der Waals surface area contributed by atoms with Crippen LogP contribution in [0.3, 0.4) is 0 Å². The molecular weight excluding hydrogens is 336 g/mol. The Morgan fingerprint density at radius 3 is 2.70 bits per heavy atom. The number of nitrogens with zero attached hydrogens (tertiary/aromatic N) is 2. The first-order valence-electron chi connectivity index (χ1n) is 7.79. The van der Waals surface area contributed by atoms with E-state index in [1.54, 1.807) is 0 Å².